The van der Waals surface area contributed by atoms with Gasteiger partial charge in [0.25, 0.3) is 0 Å². The summed E-state index contributed by atoms with van der Waals surface area (Å²) >= 11 is 3.29. The molecule has 0 N–H and O–H groups in total. The largest absolute Gasteiger partial charge is 0.406 e. The molecular weight excluding hydrogens is 395 g/mol. The summed E-state index contributed by atoms with van der Waals surface area (Å²) in [6.45, 7) is -1.71. The number of halogens is 4. The summed E-state index contributed by atoms with van der Waals surface area (Å²) in [5, 5.41) is 0. The molecule has 0 atom stereocenters. The molecule has 1 fully saturated rings. The molecule has 1 aromatic rings. The summed E-state index contributed by atoms with van der Waals surface area (Å²) in [6, 6.07) is 5.99. The fourth-order valence-electron chi connectivity index (χ4n) is 2.19. The van der Waals surface area contributed by atoms with E-state index < -0.39 is 30.6 Å². The van der Waals surface area contributed by atoms with Crippen LogP contribution in [0.4, 0.5) is 18.0 Å². The lowest BCUT2D eigenvalue weighted by Crippen LogP contribution is -2.42. The summed E-state index contributed by atoms with van der Waals surface area (Å²) in [7, 11) is 1.58. The Bertz CT molecular complexity index is 663. The molecule has 10 heteroatoms. The van der Waals surface area contributed by atoms with Crippen LogP contribution >= 0.6 is 15.9 Å². The maximum absolute atomic E-state index is 12.4. The van der Waals surface area contributed by atoms with Crippen molar-refractivity contribution < 1.29 is 27.6 Å². The number of hydrogen-bond donors (Lipinski definition) is 0. The van der Waals surface area contributed by atoms with Crippen LogP contribution in [0.5, 0.6) is 0 Å². The quantitative estimate of drug-likeness (QED) is 0.554. The van der Waals surface area contributed by atoms with Gasteiger partial charge in [-0.15, -0.1) is 0 Å². The minimum absolute atomic E-state index is 0.0875. The molecule has 4 amide bonds. The van der Waals surface area contributed by atoms with Gasteiger partial charge in [0.2, 0.25) is 0 Å². The minimum atomic E-state index is -4.76. The molecule has 0 saturated carbocycles. The summed E-state index contributed by atoms with van der Waals surface area (Å²) in [5.41, 5.74) is 0.873. The van der Waals surface area contributed by atoms with Gasteiger partial charge < -0.3 is 0 Å². The van der Waals surface area contributed by atoms with Crippen LogP contribution in [0.25, 0.3) is 0 Å². The smallest absolute Gasteiger partial charge is 0.284 e. The highest BCUT2D eigenvalue weighted by atomic mass is 79.9. The van der Waals surface area contributed by atoms with Gasteiger partial charge in [-0.05, 0) is 24.7 Å². The second-order valence-electron chi connectivity index (χ2n) is 5.30. The van der Waals surface area contributed by atoms with Crippen molar-refractivity contribution in [2.24, 2.45) is 0 Å². The van der Waals surface area contributed by atoms with Crippen LogP contribution in [0.3, 0.4) is 0 Å². The Hall–Kier alpha value is -1.94. The normalized spacial score (nSPS) is 15.8. The molecule has 1 aliphatic rings. The predicted octanol–water partition coefficient (Wildman–Crippen LogP) is 2.19. The van der Waals surface area contributed by atoms with Gasteiger partial charge in [0.15, 0.2) is 0 Å². The van der Waals surface area contributed by atoms with Crippen molar-refractivity contribution in [3.8, 4) is 0 Å². The minimum Gasteiger partial charge on any atom is -0.284 e. The first-order valence-corrected chi connectivity index (χ1v) is 7.55. The number of imide groups is 2. The third-order valence-corrected chi connectivity index (χ3v) is 3.75. The van der Waals surface area contributed by atoms with E-state index in [2.05, 4.69) is 15.9 Å². The van der Waals surface area contributed by atoms with Crippen molar-refractivity contribution in [2.45, 2.75) is 12.7 Å². The number of amides is 4. The number of alkyl halides is 3. The molecule has 130 valence electrons. The van der Waals surface area contributed by atoms with Crippen molar-refractivity contribution >= 4 is 33.8 Å². The summed E-state index contributed by atoms with van der Waals surface area (Å²) in [4.78, 5) is 37.2. The van der Waals surface area contributed by atoms with Gasteiger partial charge in [0.1, 0.15) is 6.54 Å². The second-order valence-corrected chi connectivity index (χ2v) is 6.22. The Morgan fingerprint density at radius 1 is 1.04 bits per heavy atom. The number of urea groups is 1. The van der Waals surface area contributed by atoms with E-state index in [1.807, 2.05) is 24.3 Å². The van der Waals surface area contributed by atoms with Gasteiger partial charge in [-0.25, -0.2) is 14.6 Å². The van der Waals surface area contributed by atoms with Gasteiger partial charge in [-0.3, -0.25) is 14.5 Å². The predicted molar refractivity (Wildman–Crippen MR) is 80.5 cm³/mol. The van der Waals surface area contributed by atoms with Crippen LogP contribution in [0.1, 0.15) is 5.56 Å². The number of nitrogens with zero attached hydrogens (tertiary/aromatic N) is 3. The van der Waals surface area contributed by atoms with E-state index in [-0.39, 0.29) is 11.6 Å². The van der Waals surface area contributed by atoms with E-state index in [4.69, 9.17) is 0 Å². The molecule has 0 spiro atoms. The molecule has 0 aromatic heterocycles. The van der Waals surface area contributed by atoms with E-state index in [1.165, 1.54) is 0 Å². The van der Waals surface area contributed by atoms with Crippen molar-refractivity contribution in [2.75, 3.05) is 20.3 Å². The molecule has 0 bridgehead atoms. The highest BCUT2D eigenvalue weighted by Crippen LogP contribution is 2.21. The van der Waals surface area contributed by atoms with Gasteiger partial charge in [-0.1, -0.05) is 28.1 Å². The third-order valence-electron chi connectivity index (χ3n) is 3.22. The van der Waals surface area contributed by atoms with Gasteiger partial charge in [0, 0.05) is 11.0 Å². The molecule has 0 unspecified atom stereocenters. The average Bonchev–Trinajstić information content (AvgIpc) is 2.66. The number of hydrogen-bond acceptors (Lipinski definition) is 4. The molecular formula is C14H13BrF3N3O3. The highest BCUT2D eigenvalue weighted by Gasteiger charge is 2.49. The number of benzene rings is 1. The average molecular weight is 408 g/mol. The van der Waals surface area contributed by atoms with Gasteiger partial charge in [-0.2, -0.15) is 13.2 Å². The Kier molecular flexibility index (Phi) is 5.29. The lowest BCUT2D eigenvalue weighted by atomic mass is 10.2. The molecule has 6 nitrogen and oxygen atoms in total. The van der Waals surface area contributed by atoms with E-state index in [0.29, 0.717) is 11.4 Å². The number of carbonyl (C=O) groups excluding carboxylic acids is 3. The van der Waals surface area contributed by atoms with Crippen LogP contribution in [0, 0.1) is 0 Å². The summed E-state index contributed by atoms with van der Waals surface area (Å²) < 4.78 is 38.1. The summed E-state index contributed by atoms with van der Waals surface area (Å²) in [6.07, 6.45) is -4.76. The van der Waals surface area contributed by atoms with Crippen LogP contribution in [0.2, 0.25) is 0 Å². The molecule has 0 radical (unpaired) electrons. The molecule has 1 aliphatic heterocycles. The van der Waals surface area contributed by atoms with Gasteiger partial charge >= 0.3 is 24.0 Å². The maximum atomic E-state index is 12.4. The van der Waals surface area contributed by atoms with E-state index in [9.17, 15) is 27.6 Å². The molecule has 0 aliphatic carbocycles. The highest BCUT2D eigenvalue weighted by molar-refractivity contribution is 9.10. The van der Waals surface area contributed by atoms with Crippen LogP contribution in [0.15, 0.2) is 28.7 Å². The van der Waals surface area contributed by atoms with E-state index in [0.717, 1.165) is 10.0 Å². The van der Waals surface area contributed by atoms with Crippen molar-refractivity contribution in [3.63, 3.8) is 0 Å². The first-order chi connectivity index (χ1) is 11.1. The molecule has 1 heterocycles. The van der Waals surface area contributed by atoms with Crippen LogP contribution in [-0.4, -0.2) is 59.0 Å². The zero-order valence-electron chi connectivity index (χ0n) is 12.5. The first-order valence-electron chi connectivity index (χ1n) is 6.75. The Morgan fingerprint density at radius 2 is 1.58 bits per heavy atom. The Labute approximate surface area is 143 Å². The molecule has 24 heavy (non-hydrogen) atoms. The molecule has 2 rings (SSSR count). The Balaban J connectivity index is 2.03. The van der Waals surface area contributed by atoms with Crippen LogP contribution < -0.4 is 0 Å². The fourth-order valence-corrected chi connectivity index (χ4v) is 2.45. The maximum Gasteiger partial charge on any atom is 0.406 e. The van der Waals surface area contributed by atoms with Crippen molar-refractivity contribution in [1.82, 2.24) is 14.7 Å². The van der Waals surface area contributed by atoms with Crippen LogP contribution in [-0.2, 0) is 16.1 Å². The topological polar surface area (TPSA) is 60.9 Å². The lowest BCUT2D eigenvalue weighted by molar-refractivity contribution is -0.156. The standard InChI is InChI=1S/C14H13BrF3N3O3/c1-19(6-9-2-4-10(15)5-3-9)8-21-12(23)11(22)20(13(21)24)7-14(16,17)18/h2-5H,6-8H2,1H3. The third kappa shape index (κ3) is 4.32. The Morgan fingerprint density at radius 3 is 2.12 bits per heavy atom. The van der Waals surface area contributed by atoms with E-state index in [1.54, 1.807) is 11.9 Å². The number of carbonyl (C=O) groups is 3. The monoisotopic (exact) mass is 407 g/mol. The zero-order chi connectivity index (χ0) is 18.1. The summed E-state index contributed by atoms with van der Waals surface area (Å²) in [5.74, 6) is -2.72. The fraction of sp³-hybridized carbons (Fsp3) is 0.357. The van der Waals surface area contributed by atoms with Crippen molar-refractivity contribution in [3.05, 3.63) is 34.3 Å². The van der Waals surface area contributed by atoms with E-state index >= 15 is 0 Å². The first kappa shape index (κ1) is 18.4. The SMILES string of the molecule is CN(Cc1ccc(Br)cc1)CN1C(=O)C(=O)N(CC(F)(F)F)C1=O. The lowest BCUT2D eigenvalue weighted by Gasteiger charge is -2.22. The zero-order valence-corrected chi connectivity index (χ0v) is 14.1. The molecule has 1 aromatic carbocycles. The molecule has 1 saturated heterocycles. The van der Waals surface area contributed by atoms with Gasteiger partial charge in [0.05, 0.1) is 6.67 Å². The second kappa shape index (κ2) is 6.89. The van der Waals surface area contributed by atoms with Crippen molar-refractivity contribution in [1.29, 1.82) is 0 Å². The number of rotatable bonds is 5.